The molecule has 1 aromatic rings. The smallest absolute Gasteiger partial charge is 0.351 e. The highest BCUT2D eigenvalue weighted by atomic mass is 79.9. The first-order chi connectivity index (χ1) is 7.83. The third-order valence-electron chi connectivity index (χ3n) is 1.85. The molecule has 0 aromatic carbocycles. The highest BCUT2D eigenvalue weighted by molar-refractivity contribution is 9.09. The van der Waals surface area contributed by atoms with Crippen molar-refractivity contribution in [2.75, 3.05) is 18.4 Å². The molecule has 1 rings (SSSR count). The average Bonchev–Trinajstić information content (AvgIpc) is 2.61. The van der Waals surface area contributed by atoms with Gasteiger partial charge in [0.05, 0.1) is 5.69 Å². The van der Waals surface area contributed by atoms with Gasteiger partial charge in [0.2, 0.25) is 5.76 Å². The SMILES string of the molecule is Cc1cc(C(=O)N(CCBr)CC(F)(F)F)on1. The maximum Gasteiger partial charge on any atom is 0.406 e. The molecule has 0 radical (unpaired) electrons. The van der Waals surface area contributed by atoms with Crippen LogP contribution in [0.4, 0.5) is 13.2 Å². The number of alkyl halides is 4. The fourth-order valence-electron chi connectivity index (χ4n) is 1.19. The molecule has 0 saturated heterocycles. The van der Waals surface area contributed by atoms with Gasteiger partial charge in [-0.3, -0.25) is 4.79 Å². The van der Waals surface area contributed by atoms with Gasteiger partial charge in [-0.15, -0.1) is 0 Å². The van der Waals surface area contributed by atoms with Crippen molar-refractivity contribution in [3.63, 3.8) is 0 Å². The third kappa shape index (κ3) is 4.37. The van der Waals surface area contributed by atoms with Crippen molar-refractivity contribution in [2.24, 2.45) is 0 Å². The zero-order valence-corrected chi connectivity index (χ0v) is 10.5. The molecule has 0 unspecified atom stereocenters. The van der Waals surface area contributed by atoms with Crippen LogP contribution in [0.5, 0.6) is 0 Å². The van der Waals surface area contributed by atoms with E-state index in [1.807, 2.05) is 0 Å². The van der Waals surface area contributed by atoms with Crippen molar-refractivity contribution < 1.29 is 22.5 Å². The van der Waals surface area contributed by atoms with Gasteiger partial charge in [-0.25, -0.2) is 0 Å². The van der Waals surface area contributed by atoms with E-state index < -0.39 is 18.6 Å². The summed E-state index contributed by atoms with van der Waals surface area (Å²) < 4.78 is 41.4. The lowest BCUT2D eigenvalue weighted by Gasteiger charge is -2.21. The van der Waals surface area contributed by atoms with Gasteiger partial charge < -0.3 is 9.42 Å². The van der Waals surface area contributed by atoms with E-state index in [9.17, 15) is 18.0 Å². The minimum Gasteiger partial charge on any atom is -0.351 e. The van der Waals surface area contributed by atoms with Crippen LogP contribution in [-0.2, 0) is 0 Å². The summed E-state index contributed by atoms with van der Waals surface area (Å²) in [5.41, 5.74) is 0.444. The number of amides is 1. The molecule has 0 bridgehead atoms. The first kappa shape index (κ1) is 14.0. The molecule has 17 heavy (non-hydrogen) atoms. The lowest BCUT2D eigenvalue weighted by molar-refractivity contribution is -0.140. The standard InChI is InChI=1S/C9H10BrF3N2O2/c1-6-4-7(17-14-6)8(16)15(3-2-10)5-9(11,12)13/h4H,2-3,5H2,1H3. The molecule has 0 aliphatic carbocycles. The summed E-state index contributed by atoms with van der Waals surface area (Å²) in [5, 5.41) is 3.71. The van der Waals surface area contributed by atoms with Crippen LogP contribution in [0.1, 0.15) is 16.2 Å². The van der Waals surface area contributed by atoms with Crippen molar-refractivity contribution in [1.82, 2.24) is 10.1 Å². The monoisotopic (exact) mass is 314 g/mol. The van der Waals surface area contributed by atoms with E-state index in [0.29, 0.717) is 10.6 Å². The Morgan fingerprint density at radius 2 is 2.24 bits per heavy atom. The molecule has 0 aliphatic heterocycles. The van der Waals surface area contributed by atoms with Crippen LogP contribution >= 0.6 is 15.9 Å². The van der Waals surface area contributed by atoms with Crippen molar-refractivity contribution in [3.05, 3.63) is 17.5 Å². The number of hydrogen-bond acceptors (Lipinski definition) is 3. The van der Waals surface area contributed by atoms with E-state index in [4.69, 9.17) is 0 Å². The molecule has 0 saturated carbocycles. The summed E-state index contributed by atoms with van der Waals surface area (Å²) >= 11 is 3.00. The van der Waals surface area contributed by atoms with Gasteiger partial charge in [0.25, 0.3) is 5.91 Å². The van der Waals surface area contributed by atoms with Crippen LogP contribution in [0.25, 0.3) is 0 Å². The Kier molecular flexibility index (Phi) is 4.55. The van der Waals surface area contributed by atoms with E-state index in [1.54, 1.807) is 6.92 Å². The van der Waals surface area contributed by atoms with Gasteiger partial charge in [0.15, 0.2) is 0 Å². The van der Waals surface area contributed by atoms with Gasteiger partial charge in [-0.05, 0) is 6.92 Å². The Morgan fingerprint density at radius 1 is 1.59 bits per heavy atom. The number of carbonyl (C=O) groups excluding carboxylic acids is 1. The molecule has 0 atom stereocenters. The Morgan fingerprint density at radius 3 is 2.65 bits per heavy atom. The molecule has 8 heteroatoms. The minimum absolute atomic E-state index is 0.0574. The highest BCUT2D eigenvalue weighted by Gasteiger charge is 2.34. The Labute approximate surface area is 104 Å². The van der Waals surface area contributed by atoms with Crippen LogP contribution in [0.3, 0.4) is 0 Å². The summed E-state index contributed by atoms with van der Waals surface area (Å²) in [7, 11) is 0. The van der Waals surface area contributed by atoms with Gasteiger partial charge in [0.1, 0.15) is 6.54 Å². The van der Waals surface area contributed by atoms with Crippen molar-refractivity contribution in [3.8, 4) is 0 Å². The average molecular weight is 315 g/mol. The molecule has 4 nitrogen and oxygen atoms in total. The fourth-order valence-corrected chi connectivity index (χ4v) is 1.62. The summed E-state index contributed by atoms with van der Waals surface area (Å²) in [4.78, 5) is 12.4. The second kappa shape index (κ2) is 5.52. The van der Waals surface area contributed by atoms with Gasteiger partial charge in [-0.1, -0.05) is 21.1 Å². The van der Waals surface area contributed by atoms with Crippen LogP contribution in [0.2, 0.25) is 0 Å². The summed E-state index contributed by atoms with van der Waals surface area (Å²) in [6.45, 7) is 0.216. The van der Waals surface area contributed by atoms with Crippen LogP contribution in [0.15, 0.2) is 10.6 Å². The van der Waals surface area contributed by atoms with E-state index in [1.165, 1.54) is 6.07 Å². The molecular formula is C9H10BrF3N2O2. The van der Waals surface area contributed by atoms with E-state index in [-0.39, 0.29) is 17.6 Å². The molecule has 0 spiro atoms. The number of rotatable bonds is 4. The first-order valence-electron chi connectivity index (χ1n) is 4.69. The fraction of sp³-hybridized carbons (Fsp3) is 0.556. The van der Waals surface area contributed by atoms with Crippen molar-refractivity contribution in [1.29, 1.82) is 0 Å². The zero-order valence-electron chi connectivity index (χ0n) is 8.92. The summed E-state index contributed by atoms with van der Waals surface area (Å²) in [6.07, 6.45) is -4.44. The number of carbonyl (C=O) groups is 1. The maximum absolute atomic E-state index is 12.3. The lowest BCUT2D eigenvalue weighted by Crippen LogP contribution is -2.40. The van der Waals surface area contributed by atoms with E-state index in [0.717, 1.165) is 0 Å². The largest absolute Gasteiger partial charge is 0.406 e. The predicted molar refractivity (Wildman–Crippen MR) is 57.0 cm³/mol. The van der Waals surface area contributed by atoms with Crippen LogP contribution in [0, 0.1) is 6.92 Å². The Hall–Kier alpha value is -1.05. The number of halogens is 4. The maximum atomic E-state index is 12.3. The minimum atomic E-state index is -4.44. The first-order valence-corrected chi connectivity index (χ1v) is 5.81. The molecule has 1 aromatic heterocycles. The lowest BCUT2D eigenvalue weighted by atomic mass is 10.3. The molecule has 0 N–H and O–H groups in total. The topological polar surface area (TPSA) is 46.3 Å². The van der Waals surface area contributed by atoms with Crippen molar-refractivity contribution >= 4 is 21.8 Å². The second-order valence-electron chi connectivity index (χ2n) is 3.36. The highest BCUT2D eigenvalue weighted by Crippen LogP contribution is 2.18. The molecule has 96 valence electrons. The molecule has 1 heterocycles. The van der Waals surface area contributed by atoms with Crippen LogP contribution in [-0.4, -0.2) is 40.6 Å². The number of nitrogens with zero attached hydrogens (tertiary/aromatic N) is 2. The van der Waals surface area contributed by atoms with Crippen molar-refractivity contribution in [2.45, 2.75) is 13.1 Å². The molecule has 0 aliphatic rings. The quantitative estimate of drug-likeness (QED) is 0.802. The number of aromatic nitrogens is 1. The second-order valence-corrected chi connectivity index (χ2v) is 4.16. The van der Waals surface area contributed by atoms with E-state index >= 15 is 0 Å². The zero-order chi connectivity index (χ0) is 13.1. The molecule has 1 amide bonds. The normalized spacial score (nSPS) is 11.6. The number of hydrogen-bond donors (Lipinski definition) is 0. The van der Waals surface area contributed by atoms with Gasteiger partial charge in [0, 0.05) is 17.9 Å². The predicted octanol–water partition coefficient (Wildman–Crippen LogP) is 2.38. The van der Waals surface area contributed by atoms with Gasteiger partial charge >= 0.3 is 6.18 Å². The third-order valence-corrected chi connectivity index (χ3v) is 2.21. The number of aryl methyl sites for hydroxylation is 1. The van der Waals surface area contributed by atoms with E-state index in [2.05, 4.69) is 25.6 Å². The van der Waals surface area contributed by atoms with Gasteiger partial charge in [-0.2, -0.15) is 13.2 Å². The summed E-state index contributed by atoms with van der Waals surface area (Å²) in [5.74, 6) is -1.00. The Bertz CT molecular complexity index is 392. The molecular weight excluding hydrogens is 305 g/mol. The molecule has 0 fully saturated rings. The Balaban J connectivity index is 2.80. The summed E-state index contributed by atoms with van der Waals surface area (Å²) in [6, 6.07) is 1.31. The van der Waals surface area contributed by atoms with Crippen LogP contribution < -0.4 is 0 Å².